The number of β-lactam (4-membered cyclic amide) rings is 1. The van der Waals surface area contributed by atoms with Crippen LogP contribution in [0.25, 0.3) is 0 Å². The first-order valence-electron chi connectivity index (χ1n) is 5.44. The summed E-state index contributed by atoms with van der Waals surface area (Å²) in [5.41, 5.74) is -1.48. The summed E-state index contributed by atoms with van der Waals surface area (Å²) >= 11 is 23.4. The van der Waals surface area contributed by atoms with Gasteiger partial charge in [-0.15, -0.1) is 11.8 Å². The smallest absolute Gasteiger partial charge is 0.410 e. The predicted molar refractivity (Wildman–Crippen MR) is 77.8 cm³/mol. The zero-order valence-corrected chi connectivity index (χ0v) is 13.9. The van der Waals surface area contributed by atoms with Gasteiger partial charge >= 0.3 is 6.16 Å². The molecule has 0 N–H and O–H groups in total. The molecule has 20 heavy (non-hydrogen) atoms. The van der Waals surface area contributed by atoms with Crippen LogP contribution in [0.4, 0.5) is 4.79 Å². The second-order valence-electron chi connectivity index (χ2n) is 4.16. The Balaban J connectivity index is 1.90. The Morgan fingerprint density at radius 1 is 1.55 bits per heavy atom. The van der Waals surface area contributed by atoms with E-state index in [9.17, 15) is 9.59 Å². The average molecular weight is 381 g/mol. The van der Waals surface area contributed by atoms with Gasteiger partial charge < -0.3 is 14.4 Å². The molecule has 112 valence electrons. The maximum Gasteiger partial charge on any atom is 0.515 e. The highest BCUT2D eigenvalue weighted by Gasteiger charge is 2.46. The Morgan fingerprint density at radius 3 is 2.80 bits per heavy atom. The minimum absolute atomic E-state index is 0.0202. The Labute approximate surface area is 139 Å². The van der Waals surface area contributed by atoms with E-state index < -0.39 is 15.5 Å². The number of thioether (sulfide) groups is 1. The van der Waals surface area contributed by atoms with Crippen molar-refractivity contribution in [1.29, 1.82) is 0 Å². The maximum absolute atomic E-state index is 11.6. The summed E-state index contributed by atoms with van der Waals surface area (Å²) < 4.78 is 7.56. The molecule has 0 bridgehead atoms. The number of halogens is 4. The van der Waals surface area contributed by atoms with Gasteiger partial charge in [0.25, 0.3) is 0 Å². The second-order valence-corrected chi connectivity index (χ2v) is 8.03. The Kier molecular flexibility index (Phi) is 4.91. The molecule has 0 aromatic rings. The van der Waals surface area contributed by atoms with Gasteiger partial charge in [0.05, 0.1) is 17.0 Å². The van der Waals surface area contributed by atoms with Crippen molar-refractivity contribution in [3.8, 4) is 0 Å². The van der Waals surface area contributed by atoms with Gasteiger partial charge in [0, 0.05) is 6.20 Å². The van der Waals surface area contributed by atoms with Gasteiger partial charge in [-0.3, -0.25) is 4.79 Å². The molecule has 0 aliphatic carbocycles. The zero-order valence-electron chi connectivity index (χ0n) is 10.0. The first-order chi connectivity index (χ1) is 9.20. The third-order valence-electron chi connectivity index (χ3n) is 2.70. The summed E-state index contributed by atoms with van der Waals surface area (Å²) in [6.45, 7) is 1.85. The largest absolute Gasteiger partial charge is 0.515 e. The summed E-state index contributed by atoms with van der Waals surface area (Å²) in [6, 6.07) is 0. The minimum atomic E-state index is -1.95. The van der Waals surface area contributed by atoms with Gasteiger partial charge in [0.1, 0.15) is 5.76 Å². The van der Waals surface area contributed by atoms with Crippen molar-refractivity contribution in [2.45, 2.75) is 21.7 Å². The number of fused-ring (bicyclic) bond motifs is 1. The molecule has 1 amide bonds. The topological polar surface area (TPSA) is 55.8 Å². The molecule has 0 saturated carbocycles. The zero-order chi connectivity index (χ0) is 15.1. The number of amides is 1. The van der Waals surface area contributed by atoms with Gasteiger partial charge in [0.15, 0.2) is 0 Å². The molecule has 0 aromatic heterocycles. The summed E-state index contributed by atoms with van der Waals surface area (Å²) in [5.74, 6) is 0.674. The third kappa shape index (κ3) is 3.42. The quantitative estimate of drug-likeness (QED) is 0.417. The molecule has 1 saturated heterocycles. The van der Waals surface area contributed by atoms with Crippen LogP contribution in [0.5, 0.6) is 0 Å². The van der Waals surface area contributed by atoms with E-state index in [1.165, 1.54) is 22.9 Å². The molecule has 2 aliphatic heterocycles. The maximum atomic E-state index is 11.6. The van der Waals surface area contributed by atoms with Gasteiger partial charge in [-0.25, -0.2) is 4.79 Å². The highest BCUT2D eigenvalue weighted by molar-refractivity contribution is 8.00. The predicted octanol–water partition coefficient (Wildman–Crippen LogP) is 3.47. The molecule has 3 atom stereocenters. The lowest BCUT2D eigenvalue weighted by Crippen LogP contribution is -2.56. The first kappa shape index (κ1) is 16.4. The highest BCUT2D eigenvalue weighted by Crippen LogP contribution is 2.40. The standard InChI is InChI=1S/C10H9Cl4NO4S/c1-4-6(16)15-2-5(3-20-7(4)15)18-9(17)19-8(11)10(12,13)14/h2,4,7-8H,3H2,1H3/t4?,7-,8?/m0/s1. The van der Waals surface area contributed by atoms with E-state index >= 15 is 0 Å². The van der Waals surface area contributed by atoms with Crippen LogP contribution in [0.3, 0.4) is 0 Å². The molecule has 0 aromatic carbocycles. The number of carbonyl (C=O) groups excluding carboxylic acids is 2. The fourth-order valence-electron chi connectivity index (χ4n) is 1.70. The molecule has 10 heteroatoms. The van der Waals surface area contributed by atoms with Crippen molar-refractivity contribution in [2.75, 3.05) is 5.75 Å². The van der Waals surface area contributed by atoms with Gasteiger partial charge in [-0.2, -0.15) is 0 Å². The summed E-state index contributed by atoms with van der Waals surface area (Å²) in [5, 5.41) is 0.0906. The number of hydrogen-bond donors (Lipinski definition) is 0. The second kappa shape index (κ2) is 6.01. The van der Waals surface area contributed by atoms with Gasteiger partial charge in [-0.05, 0) is 0 Å². The molecule has 5 nitrogen and oxygen atoms in total. The number of carbonyl (C=O) groups is 2. The van der Waals surface area contributed by atoms with Crippen molar-refractivity contribution in [2.24, 2.45) is 5.92 Å². The Morgan fingerprint density at radius 2 is 2.20 bits per heavy atom. The van der Waals surface area contributed by atoms with E-state index in [4.69, 9.17) is 51.1 Å². The van der Waals surface area contributed by atoms with Crippen molar-refractivity contribution in [1.82, 2.24) is 4.90 Å². The monoisotopic (exact) mass is 379 g/mol. The molecule has 2 heterocycles. The highest BCUT2D eigenvalue weighted by atomic mass is 35.6. The van der Waals surface area contributed by atoms with E-state index in [2.05, 4.69) is 4.74 Å². The van der Waals surface area contributed by atoms with Crippen molar-refractivity contribution >= 4 is 70.2 Å². The van der Waals surface area contributed by atoms with Gasteiger partial charge in [-0.1, -0.05) is 53.3 Å². The van der Waals surface area contributed by atoms with Crippen molar-refractivity contribution < 1.29 is 19.1 Å². The van der Waals surface area contributed by atoms with Crippen LogP contribution in [0.2, 0.25) is 0 Å². The molecule has 0 spiro atoms. The fourth-order valence-corrected chi connectivity index (χ4v) is 3.11. The summed E-state index contributed by atoms with van der Waals surface area (Å²) in [7, 11) is 0. The molecule has 2 rings (SSSR count). The van der Waals surface area contributed by atoms with Crippen LogP contribution >= 0.6 is 58.2 Å². The van der Waals surface area contributed by atoms with Crippen LogP contribution in [-0.4, -0.2) is 37.4 Å². The molecular weight excluding hydrogens is 372 g/mol. The number of nitrogens with zero attached hydrogens (tertiary/aromatic N) is 1. The van der Waals surface area contributed by atoms with E-state index in [-0.39, 0.29) is 23.0 Å². The van der Waals surface area contributed by atoms with Crippen LogP contribution in [0.1, 0.15) is 6.92 Å². The summed E-state index contributed by atoms with van der Waals surface area (Å²) in [4.78, 5) is 24.5. The third-order valence-corrected chi connectivity index (χ3v) is 5.47. The van der Waals surface area contributed by atoms with Crippen molar-refractivity contribution in [3.05, 3.63) is 12.0 Å². The van der Waals surface area contributed by atoms with Gasteiger partial charge in [0.2, 0.25) is 15.3 Å². The lowest BCUT2D eigenvalue weighted by molar-refractivity contribution is -0.144. The molecule has 2 unspecified atom stereocenters. The van der Waals surface area contributed by atoms with Crippen LogP contribution in [-0.2, 0) is 14.3 Å². The fraction of sp³-hybridized carbons (Fsp3) is 0.600. The summed E-state index contributed by atoms with van der Waals surface area (Å²) in [6.07, 6.45) is 0.381. The number of hydrogen-bond acceptors (Lipinski definition) is 5. The molecule has 0 radical (unpaired) electrons. The van der Waals surface area contributed by atoms with E-state index in [1.54, 1.807) is 0 Å². The Bertz CT molecular complexity index is 467. The van der Waals surface area contributed by atoms with E-state index in [1.807, 2.05) is 6.92 Å². The van der Waals surface area contributed by atoms with Crippen LogP contribution in [0.15, 0.2) is 12.0 Å². The first-order valence-corrected chi connectivity index (χ1v) is 8.06. The SMILES string of the molecule is CC1C(=O)N2C=C(OC(=O)OC(Cl)C(Cl)(Cl)Cl)CS[C@@H]12. The van der Waals surface area contributed by atoms with Crippen LogP contribution in [0, 0.1) is 5.92 Å². The minimum Gasteiger partial charge on any atom is -0.410 e. The lowest BCUT2D eigenvalue weighted by atomic mass is 10.0. The molecule has 1 fully saturated rings. The number of alkyl halides is 4. The number of rotatable bonds is 2. The van der Waals surface area contributed by atoms with Crippen LogP contribution < -0.4 is 0 Å². The van der Waals surface area contributed by atoms with E-state index in [0.29, 0.717) is 5.75 Å². The van der Waals surface area contributed by atoms with Crippen molar-refractivity contribution in [3.63, 3.8) is 0 Å². The average Bonchev–Trinajstić information content (AvgIpc) is 2.36. The molecular formula is C10H9Cl4NO4S. The normalized spacial score (nSPS) is 27.1. The Hall–Kier alpha value is -0.01000. The molecule has 2 aliphatic rings. The number of ether oxygens (including phenoxy) is 2. The van der Waals surface area contributed by atoms with E-state index in [0.717, 1.165) is 0 Å². The lowest BCUT2D eigenvalue weighted by Gasteiger charge is -2.45.